The lowest BCUT2D eigenvalue weighted by atomic mass is 9.88. The summed E-state index contributed by atoms with van der Waals surface area (Å²) in [4.78, 5) is 0. The van der Waals surface area contributed by atoms with Gasteiger partial charge in [0.05, 0.1) is 0 Å². The summed E-state index contributed by atoms with van der Waals surface area (Å²) in [5.41, 5.74) is 1.19. The van der Waals surface area contributed by atoms with Gasteiger partial charge < -0.3 is 5.32 Å². The average Bonchev–Trinajstić information content (AvgIpc) is 2.27. The van der Waals surface area contributed by atoms with Crippen molar-refractivity contribution < 1.29 is 4.21 Å². The molecule has 0 radical (unpaired) electrons. The highest BCUT2D eigenvalue weighted by atomic mass is 35.5. The fourth-order valence-electron chi connectivity index (χ4n) is 1.78. The minimum Gasteiger partial charge on any atom is -0.316 e. The molecule has 0 aliphatic carbocycles. The highest BCUT2D eigenvalue weighted by Gasteiger charge is 2.24. The van der Waals surface area contributed by atoms with Crippen LogP contribution in [0.4, 0.5) is 0 Å². The minimum atomic E-state index is -0.860. The van der Waals surface area contributed by atoms with Gasteiger partial charge in [-0.3, -0.25) is 4.21 Å². The van der Waals surface area contributed by atoms with E-state index in [-0.39, 0.29) is 11.5 Å². The van der Waals surface area contributed by atoms with Gasteiger partial charge in [0.25, 0.3) is 0 Å². The second kappa shape index (κ2) is 6.69. The zero-order chi connectivity index (χ0) is 13.8. The Kier molecular flexibility index (Phi) is 5.83. The third kappa shape index (κ3) is 5.09. The summed E-state index contributed by atoms with van der Waals surface area (Å²) in [5, 5.41) is 3.97. The summed E-state index contributed by atoms with van der Waals surface area (Å²) in [6.07, 6.45) is 0. The van der Waals surface area contributed by atoms with Gasteiger partial charge in [-0.2, -0.15) is 0 Å². The lowest BCUT2D eigenvalue weighted by Crippen LogP contribution is -2.42. The van der Waals surface area contributed by atoms with Crippen molar-refractivity contribution in [3.63, 3.8) is 0 Å². The fourth-order valence-corrected chi connectivity index (χ4v) is 3.62. The molecule has 2 nitrogen and oxygen atoms in total. The summed E-state index contributed by atoms with van der Waals surface area (Å²) in [7, 11) is 1.07. The van der Waals surface area contributed by atoms with Crippen LogP contribution in [-0.2, 0) is 16.6 Å². The molecule has 0 aliphatic heterocycles. The van der Waals surface area contributed by atoms with E-state index in [0.29, 0.717) is 16.5 Å². The van der Waals surface area contributed by atoms with Gasteiger partial charge in [-0.25, -0.2) is 0 Å². The molecule has 1 aromatic carbocycles. The van der Waals surface area contributed by atoms with Crippen LogP contribution < -0.4 is 5.32 Å². The number of halogens is 1. The van der Waals surface area contributed by atoms with Crippen molar-refractivity contribution in [2.45, 2.75) is 32.6 Å². The first-order chi connectivity index (χ1) is 8.32. The highest BCUT2D eigenvalue weighted by Crippen LogP contribution is 2.20. The van der Waals surface area contributed by atoms with Crippen molar-refractivity contribution in [2.75, 3.05) is 12.8 Å². The molecule has 4 heteroatoms. The van der Waals surface area contributed by atoms with Crippen LogP contribution in [0, 0.1) is 5.41 Å². The van der Waals surface area contributed by atoms with E-state index in [1.807, 2.05) is 31.3 Å². The molecule has 0 fully saturated rings. The van der Waals surface area contributed by atoms with E-state index in [0.717, 1.165) is 5.56 Å². The first-order valence-electron chi connectivity index (χ1n) is 6.09. The maximum absolute atomic E-state index is 12.2. The minimum absolute atomic E-state index is 0.115. The van der Waals surface area contributed by atoms with Gasteiger partial charge in [0.2, 0.25) is 0 Å². The van der Waals surface area contributed by atoms with E-state index in [9.17, 15) is 4.21 Å². The monoisotopic (exact) mass is 287 g/mol. The molecule has 0 spiro atoms. The van der Waals surface area contributed by atoms with Crippen molar-refractivity contribution in [3.05, 3.63) is 34.9 Å². The van der Waals surface area contributed by atoms with Gasteiger partial charge in [-0.1, -0.05) is 44.5 Å². The summed E-state index contributed by atoms with van der Waals surface area (Å²) < 4.78 is 12.2. The molecular formula is C14H22ClNOS. The second-order valence-corrected chi connectivity index (χ2v) is 7.52. The summed E-state index contributed by atoms with van der Waals surface area (Å²) in [5.74, 6) is 1.26. The average molecular weight is 288 g/mol. The molecule has 2 unspecified atom stereocenters. The number of hydrogen-bond acceptors (Lipinski definition) is 2. The number of nitrogens with one attached hydrogen (secondary N) is 1. The van der Waals surface area contributed by atoms with Crippen LogP contribution in [0.2, 0.25) is 5.02 Å². The number of hydrogen-bond donors (Lipinski definition) is 1. The van der Waals surface area contributed by atoms with Crippen molar-refractivity contribution in [1.29, 1.82) is 0 Å². The number of benzene rings is 1. The number of rotatable bonds is 5. The third-order valence-corrected chi connectivity index (χ3v) is 4.60. The molecule has 0 heterocycles. The predicted molar refractivity (Wildman–Crippen MR) is 80.5 cm³/mol. The molecule has 1 rings (SSSR count). The van der Waals surface area contributed by atoms with Gasteiger partial charge in [0.1, 0.15) is 0 Å². The largest absolute Gasteiger partial charge is 0.316 e. The van der Waals surface area contributed by atoms with Crippen LogP contribution in [0.15, 0.2) is 24.3 Å². The Balaban J connectivity index is 2.58. The van der Waals surface area contributed by atoms with Crippen molar-refractivity contribution in [1.82, 2.24) is 5.32 Å². The van der Waals surface area contributed by atoms with Crippen LogP contribution in [0.3, 0.4) is 0 Å². The zero-order valence-electron chi connectivity index (χ0n) is 11.5. The summed E-state index contributed by atoms with van der Waals surface area (Å²) in [6, 6.07) is 7.81. The molecule has 0 aliphatic rings. The smallest absolute Gasteiger partial charge is 0.0486 e. The van der Waals surface area contributed by atoms with Crippen LogP contribution in [0.5, 0.6) is 0 Å². The normalized spacial score (nSPS) is 15.4. The Labute approximate surface area is 118 Å². The lowest BCUT2D eigenvalue weighted by molar-refractivity contribution is 0.304. The fraction of sp³-hybridized carbons (Fsp3) is 0.571. The maximum Gasteiger partial charge on any atom is 0.0486 e. The molecule has 1 aromatic rings. The molecule has 18 heavy (non-hydrogen) atoms. The maximum atomic E-state index is 12.2. The Bertz CT molecular complexity index is 397. The Morgan fingerprint density at radius 1 is 1.28 bits per heavy atom. The van der Waals surface area contributed by atoms with Gasteiger partial charge in [0.15, 0.2) is 0 Å². The first-order valence-corrected chi connectivity index (χ1v) is 7.96. The molecule has 0 bridgehead atoms. The quantitative estimate of drug-likeness (QED) is 0.901. The Morgan fingerprint density at radius 2 is 1.83 bits per heavy atom. The van der Waals surface area contributed by atoms with E-state index < -0.39 is 10.8 Å². The van der Waals surface area contributed by atoms with Crippen LogP contribution in [0.1, 0.15) is 26.3 Å². The summed E-state index contributed by atoms with van der Waals surface area (Å²) >= 11 is 5.83. The van der Waals surface area contributed by atoms with Crippen molar-refractivity contribution in [2.24, 2.45) is 5.41 Å². The van der Waals surface area contributed by atoms with Gasteiger partial charge in [-0.15, -0.1) is 0 Å². The third-order valence-electron chi connectivity index (χ3n) is 2.99. The van der Waals surface area contributed by atoms with Crippen LogP contribution in [0.25, 0.3) is 0 Å². The molecule has 1 N–H and O–H groups in total. The van der Waals surface area contributed by atoms with Crippen molar-refractivity contribution in [3.8, 4) is 0 Å². The zero-order valence-corrected chi connectivity index (χ0v) is 13.1. The van der Waals surface area contributed by atoms with Crippen molar-refractivity contribution >= 4 is 22.4 Å². The highest BCUT2D eigenvalue weighted by molar-refractivity contribution is 7.84. The summed E-state index contributed by atoms with van der Waals surface area (Å²) in [6.45, 7) is 6.48. The van der Waals surface area contributed by atoms with E-state index in [2.05, 4.69) is 26.1 Å². The predicted octanol–water partition coefficient (Wildman–Crippen LogP) is 3.22. The van der Waals surface area contributed by atoms with Crippen LogP contribution in [-0.4, -0.2) is 23.1 Å². The van der Waals surface area contributed by atoms with E-state index in [4.69, 9.17) is 11.6 Å². The first kappa shape index (κ1) is 15.7. The molecule has 2 atom stereocenters. The Hall–Kier alpha value is -0.380. The molecule has 0 amide bonds. The SMILES string of the molecule is CNC(CS(=O)Cc1ccc(Cl)cc1)C(C)(C)C. The Morgan fingerprint density at radius 3 is 2.28 bits per heavy atom. The van der Waals surface area contributed by atoms with E-state index in [1.54, 1.807) is 0 Å². The van der Waals surface area contributed by atoms with E-state index >= 15 is 0 Å². The van der Waals surface area contributed by atoms with Gasteiger partial charge in [-0.05, 0) is 30.2 Å². The molecule has 102 valence electrons. The van der Waals surface area contributed by atoms with Gasteiger partial charge in [0, 0.05) is 33.4 Å². The topological polar surface area (TPSA) is 29.1 Å². The molecule has 0 saturated carbocycles. The second-order valence-electron chi connectivity index (χ2n) is 5.58. The molecule has 0 saturated heterocycles. The van der Waals surface area contributed by atoms with Crippen LogP contribution >= 0.6 is 11.6 Å². The van der Waals surface area contributed by atoms with Gasteiger partial charge >= 0.3 is 0 Å². The van der Waals surface area contributed by atoms with E-state index in [1.165, 1.54) is 0 Å². The lowest BCUT2D eigenvalue weighted by Gasteiger charge is -2.30. The molecular weight excluding hydrogens is 266 g/mol. The standard InChI is InChI=1S/C14H22ClNOS/c1-14(2,3)13(16-4)10-18(17)9-11-5-7-12(15)8-6-11/h5-8,13,16H,9-10H2,1-4H3. The molecule has 0 aromatic heterocycles.